The third-order valence-electron chi connectivity index (χ3n) is 2.97. The second kappa shape index (κ2) is 6.20. The summed E-state index contributed by atoms with van der Waals surface area (Å²) in [7, 11) is 0. The molecule has 2 N–H and O–H groups in total. The third kappa shape index (κ3) is 4.67. The van der Waals surface area contributed by atoms with Crippen molar-refractivity contribution < 1.29 is 9.53 Å². The van der Waals surface area contributed by atoms with E-state index in [9.17, 15) is 4.79 Å². The van der Waals surface area contributed by atoms with Crippen molar-refractivity contribution in [3.8, 4) is 0 Å². The predicted molar refractivity (Wildman–Crippen MR) is 77.8 cm³/mol. The lowest BCUT2D eigenvalue weighted by Gasteiger charge is -2.29. The number of hydrogen-bond donors (Lipinski definition) is 1. The largest absolute Gasteiger partial charge is 0.459 e. The first-order chi connectivity index (χ1) is 8.72. The van der Waals surface area contributed by atoms with E-state index in [0.717, 1.165) is 5.56 Å². The normalized spacial score (nSPS) is 15.1. The van der Waals surface area contributed by atoms with E-state index in [2.05, 4.69) is 13.8 Å². The summed E-state index contributed by atoms with van der Waals surface area (Å²) in [5, 5.41) is 0. The summed E-state index contributed by atoms with van der Waals surface area (Å²) >= 11 is 0. The second-order valence-corrected chi connectivity index (χ2v) is 6.24. The van der Waals surface area contributed by atoms with E-state index in [4.69, 9.17) is 10.5 Å². The zero-order valence-electron chi connectivity index (χ0n) is 12.5. The SMILES string of the molecule is CC(C)C(c1ccccc1)C(N)C(=O)OC(C)(C)C. The fraction of sp³-hybridized carbons (Fsp3) is 0.562. The Hall–Kier alpha value is -1.35. The van der Waals surface area contributed by atoms with Crippen molar-refractivity contribution >= 4 is 5.97 Å². The average Bonchev–Trinajstić information content (AvgIpc) is 2.27. The third-order valence-corrected chi connectivity index (χ3v) is 2.97. The molecular weight excluding hydrogens is 238 g/mol. The highest BCUT2D eigenvalue weighted by molar-refractivity contribution is 5.77. The highest BCUT2D eigenvalue weighted by Gasteiger charge is 2.31. The van der Waals surface area contributed by atoms with Crippen LogP contribution in [0.5, 0.6) is 0 Å². The first-order valence-corrected chi connectivity index (χ1v) is 6.76. The van der Waals surface area contributed by atoms with E-state index < -0.39 is 11.6 Å². The first kappa shape index (κ1) is 15.7. The molecule has 0 radical (unpaired) electrons. The summed E-state index contributed by atoms with van der Waals surface area (Å²) < 4.78 is 5.39. The highest BCUT2D eigenvalue weighted by Crippen LogP contribution is 2.28. The number of ether oxygens (including phenoxy) is 1. The summed E-state index contributed by atoms with van der Waals surface area (Å²) in [5.74, 6) is -0.101. The van der Waals surface area contributed by atoms with Gasteiger partial charge in [-0.3, -0.25) is 4.79 Å². The fourth-order valence-corrected chi connectivity index (χ4v) is 2.20. The van der Waals surface area contributed by atoms with Gasteiger partial charge in [-0.05, 0) is 32.3 Å². The van der Waals surface area contributed by atoms with Gasteiger partial charge in [0.15, 0.2) is 0 Å². The number of carbonyl (C=O) groups is 1. The van der Waals surface area contributed by atoms with Crippen LogP contribution in [0.25, 0.3) is 0 Å². The van der Waals surface area contributed by atoms with Gasteiger partial charge in [0.1, 0.15) is 11.6 Å². The lowest BCUT2D eigenvalue weighted by Crippen LogP contribution is -2.43. The molecule has 0 aliphatic rings. The van der Waals surface area contributed by atoms with Gasteiger partial charge in [0.05, 0.1) is 0 Å². The molecule has 106 valence electrons. The van der Waals surface area contributed by atoms with Crippen LogP contribution in [-0.2, 0) is 9.53 Å². The number of benzene rings is 1. The maximum Gasteiger partial charge on any atom is 0.324 e. The molecule has 0 bridgehead atoms. The minimum absolute atomic E-state index is 0.0314. The van der Waals surface area contributed by atoms with Gasteiger partial charge in [0.25, 0.3) is 0 Å². The van der Waals surface area contributed by atoms with Crippen molar-refractivity contribution in [1.82, 2.24) is 0 Å². The molecule has 0 saturated carbocycles. The van der Waals surface area contributed by atoms with Crippen LogP contribution in [0.4, 0.5) is 0 Å². The molecule has 2 atom stereocenters. The van der Waals surface area contributed by atoms with Gasteiger partial charge in [-0.2, -0.15) is 0 Å². The van der Waals surface area contributed by atoms with E-state index >= 15 is 0 Å². The van der Waals surface area contributed by atoms with Gasteiger partial charge >= 0.3 is 5.97 Å². The lowest BCUT2D eigenvalue weighted by atomic mass is 9.83. The predicted octanol–water partition coefficient (Wildman–Crippen LogP) is 3.10. The van der Waals surface area contributed by atoms with Gasteiger partial charge in [-0.25, -0.2) is 0 Å². The van der Waals surface area contributed by atoms with Crippen LogP contribution in [0.3, 0.4) is 0 Å². The molecule has 0 aliphatic carbocycles. The molecule has 1 aromatic carbocycles. The average molecular weight is 263 g/mol. The van der Waals surface area contributed by atoms with E-state index in [1.807, 2.05) is 51.1 Å². The number of carbonyl (C=O) groups excluding carboxylic acids is 1. The molecule has 0 saturated heterocycles. The van der Waals surface area contributed by atoms with Crippen LogP contribution in [0.1, 0.15) is 46.1 Å². The van der Waals surface area contributed by atoms with E-state index in [0.29, 0.717) is 0 Å². The van der Waals surface area contributed by atoms with Crippen molar-refractivity contribution in [3.63, 3.8) is 0 Å². The van der Waals surface area contributed by atoms with Crippen LogP contribution < -0.4 is 5.73 Å². The quantitative estimate of drug-likeness (QED) is 0.849. The van der Waals surface area contributed by atoms with Crippen LogP contribution >= 0.6 is 0 Å². The van der Waals surface area contributed by atoms with E-state index in [-0.39, 0.29) is 17.8 Å². The second-order valence-electron chi connectivity index (χ2n) is 6.24. The molecule has 3 nitrogen and oxygen atoms in total. The molecular formula is C16H25NO2. The Balaban J connectivity index is 2.92. The lowest BCUT2D eigenvalue weighted by molar-refractivity contribution is -0.157. The Kier molecular flexibility index (Phi) is 5.12. The number of esters is 1. The van der Waals surface area contributed by atoms with Gasteiger partial charge < -0.3 is 10.5 Å². The van der Waals surface area contributed by atoms with Gasteiger partial charge in [-0.15, -0.1) is 0 Å². The highest BCUT2D eigenvalue weighted by atomic mass is 16.6. The molecule has 0 fully saturated rings. The number of hydrogen-bond acceptors (Lipinski definition) is 3. The summed E-state index contributed by atoms with van der Waals surface area (Å²) in [5.41, 5.74) is 6.70. The number of rotatable bonds is 4. The molecule has 1 aromatic rings. The van der Waals surface area contributed by atoms with Crippen molar-refractivity contribution in [2.75, 3.05) is 0 Å². The zero-order valence-corrected chi connectivity index (χ0v) is 12.5. The topological polar surface area (TPSA) is 52.3 Å². The van der Waals surface area contributed by atoms with E-state index in [1.54, 1.807) is 0 Å². The Morgan fingerprint density at radius 2 is 1.68 bits per heavy atom. The zero-order chi connectivity index (χ0) is 14.6. The maximum atomic E-state index is 12.1. The molecule has 2 unspecified atom stereocenters. The molecule has 1 rings (SSSR count). The standard InChI is InChI=1S/C16H25NO2/c1-11(2)13(12-9-7-6-8-10-12)14(17)15(18)19-16(3,4)5/h6-11,13-14H,17H2,1-5H3. The van der Waals surface area contributed by atoms with Crippen LogP contribution in [0, 0.1) is 5.92 Å². The Bertz CT molecular complexity index is 407. The molecule has 0 spiro atoms. The molecule has 0 heterocycles. The maximum absolute atomic E-state index is 12.1. The van der Waals surface area contributed by atoms with Crippen molar-refractivity contribution in [3.05, 3.63) is 35.9 Å². The first-order valence-electron chi connectivity index (χ1n) is 6.76. The summed E-state index contributed by atoms with van der Waals surface area (Å²) in [6.45, 7) is 9.70. The minimum Gasteiger partial charge on any atom is -0.459 e. The van der Waals surface area contributed by atoms with Crippen molar-refractivity contribution in [1.29, 1.82) is 0 Å². The Morgan fingerprint density at radius 1 is 1.16 bits per heavy atom. The van der Waals surface area contributed by atoms with Gasteiger partial charge in [0.2, 0.25) is 0 Å². The van der Waals surface area contributed by atoms with Crippen LogP contribution in [-0.4, -0.2) is 17.6 Å². The summed E-state index contributed by atoms with van der Waals surface area (Å²) in [4.78, 5) is 12.1. The molecule has 0 amide bonds. The van der Waals surface area contributed by atoms with Crippen molar-refractivity contribution in [2.24, 2.45) is 11.7 Å². The fourth-order valence-electron chi connectivity index (χ4n) is 2.20. The Morgan fingerprint density at radius 3 is 2.11 bits per heavy atom. The monoisotopic (exact) mass is 263 g/mol. The smallest absolute Gasteiger partial charge is 0.324 e. The van der Waals surface area contributed by atoms with Gasteiger partial charge in [-0.1, -0.05) is 44.2 Å². The molecule has 0 aromatic heterocycles. The molecule has 3 heteroatoms. The van der Waals surface area contributed by atoms with Gasteiger partial charge in [0, 0.05) is 5.92 Å². The van der Waals surface area contributed by atoms with Crippen LogP contribution in [0.15, 0.2) is 30.3 Å². The molecule has 19 heavy (non-hydrogen) atoms. The van der Waals surface area contributed by atoms with Crippen LogP contribution in [0.2, 0.25) is 0 Å². The minimum atomic E-state index is -0.637. The summed E-state index contributed by atoms with van der Waals surface area (Å²) in [6, 6.07) is 9.27. The van der Waals surface area contributed by atoms with E-state index in [1.165, 1.54) is 0 Å². The number of nitrogens with two attached hydrogens (primary N) is 1. The Labute approximate surface area is 116 Å². The van der Waals surface area contributed by atoms with Crippen molar-refractivity contribution in [2.45, 2.75) is 52.2 Å². The summed E-state index contributed by atoms with van der Waals surface area (Å²) in [6.07, 6.45) is 0. The molecule has 0 aliphatic heterocycles.